The third-order valence-electron chi connectivity index (χ3n) is 5.60. The Balaban J connectivity index is 1.48. The van der Waals surface area contributed by atoms with Gasteiger partial charge < -0.3 is 14.8 Å². The third kappa shape index (κ3) is 2.93. The van der Waals surface area contributed by atoms with Crippen LogP contribution in [0.25, 0.3) is 0 Å². The van der Waals surface area contributed by atoms with Gasteiger partial charge in [-0.25, -0.2) is 0 Å². The van der Waals surface area contributed by atoms with Crippen LogP contribution < -0.4 is 5.32 Å². The van der Waals surface area contributed by atoms with Crippen molar-refractivity contribution in [1.82, 2.24) is 30.0 Å². The second-order valence-electron chi connectivity index (χ2n) is 7.09. The first-order valence-electron chi connectivity index (χ1n) is 8.92. The van der Waals surface area contributed by atoms with Crippen LogP contribution in [0.5, 0.6) is 0 Å². The third-order valence-corrected chi connectivity index (χ3v) is 5.60. The van der Waals surface area contributed by atoms with Gasteiger partial charge in [0.2, 0.25) is 5.91 Å². The molecule has 3 heterocycles. The molecule has 7 heteroatoms. The monoisotopic (exact) mass is 340 g/mol. The van der Waals surface area contributed by atoms with Crippen LogP contribution in [-0.2, 0) is 18.4 Å². The molecule has 1 N–H and O–H groups in total. The first-order chi connectivity index (χ1) is 12.1. The van der Waals surface area contributed by atoms with Gasteiger partial charge in [0, 0.05) is 44.9 Å². The van der Waals surface area contributed by atoms with Gasteiger partial charge in [-0.05, 0) is 24.5 Å². The van der Waals surface area contributed by atoms with Crippen LogP contribution >= 0.6 is 0 Å². The van der Waals surface area contributed by atoms with Crippen molar-refractivity contribution in [2.75, 3.05) is 7.05 Å². The molecule has 1 saturated carbocycles. The number of amides is 1. The number of aromatic nitrogens is 4. The largest absolute Gasteiger partial charge is 0.337 e. The molecule has 2 aromatic heterocycles. The summed E-state index contributed by atoms with van der Waals surface area (Å²) in [5, 5.41) is 12.3. The Morgan fingerprint density at radius 2 is 2.12 bits per heavy atom. The van der Waals surface area contributed by atoms with Crippen molar-refractivity contribution < 1.29 is 4.79 Å². The highest BCUT2D eigenvalue weighted by Gasteiger charge is 2.38. The lowest BCUT2D eigenvalue weighted by Gasteiger charge is -2.26. The summed E-state index contributed by atoms with van der Waals surface area (Å²) in [5.41, 5.74) is 1.06. The fourth-order valence-electron chi connectivity index (χ4n) is 3.83. The summed E-state index contributed by atoms with van der Waals surface area (Å²) < 4.78 is 2.11. The molecule has 25 heavy (non-hydrogen) atoms. The molecule has 0 spiro atoms. The van der Waals surface area contributed by atoms with Crippen molar-refractivity contribution in [2.45, 2.75) is 50.2 Å². The maximum atomic E-state index is 12.2. The second kappa shape index (κ2) is 6.55. The van der Waals surface area contributed by atoms with Gasteiger partial charge >= 0.3 is 0 Å². The van der Waals surface area contributed by atoms with E-state index in [1.807, 2.05) is 37.3 Å². The number of pyridine rings is 1. The Morgan fingerprint density at radius 3 is 2.80 bits per heavy atom. The summed E-state index contributed by atoms with van der Waals surface area (Å²) >= 11 is 0. The minimum absolute atomic E-state index is 0.000491. The molecule has 1 saturated heterocycles. The lowest BCUT2D eigenvalue weighted by atomic mass is 9.85. The molecule has 2 aliphatic rings. The van der Waals surface area contributed by atoms with Crippen LogP contribution in [0.15, 0.2) is 24.5 Å². The van der Waals surface area contributed by atoms with Crippen LogP contribution in [-0.4, -0.2) is 43.6 Å². The van der Waals surface area contributed by atoms with Gasteiger partial charge in [0.25, 0.3) is 0 Å². The van der Waals surface area contributed by atoms with Gasteiger partial charge in [0.05, 0.1) is 12.6 Å². The number of hydrogen-bond acceptors (Lipinski definition) is 5. The highest BCUT2D eigenvalue weighted by Crippen LogP contribution is 2.35. The van der Waals surface area contributed by atoms with Crippen LogP contribution in [0.1, 0.15) is 54.9 Å². The zero-order chi connectivity index (χ0) is 17.4. The lowest BCUT2D eigenvalue weighted by Crippen LogP contribution is -2.35. The SMILES string of the molecule is CN1C(=O)C[C@@H](NCc2nnc(C3CCC3)n2C)[C@@H]1c1cccnc1. The summed E-state index contributed by atoms with van der Waals surface area (Å²) in [6.07, 6.45) is 7.79. The van der Waals surface area contributed by atoms with Gasteiger partial charge in [-0.2, -0.15) is 0 Å². The highest BCUT2D eigenvalue weighted by molar-refractivity contribution is 5.80. The molecule has 1 amide bonds. The van der Waals surface area contributed by atoms with Gasteiger partial charge in [0.1, 0.15) is 11.6 Å². The molecule has 1 aliphatic heterocycles. The van der Waals surface area contributed by atoms with E-state index in [-0.39, 0.29) is 18.0 Å². The second-order valence-corrected chi connectivity index (χ2v) is 7.09. The summed E-state index contributed by atoms with van der Waals surface area (Å²) in [6.45, 7) is 0.610. The summed E-state index contributed by atoms with van der Waals surface area (Å²) in [4.78, 5) is 18.2. The predicted octanol–water partition coefficient (Wildman–Crippen LogP) is 1.54. The average Bonchev–Trinajstić information content (AvgIpc) is 3.06. The van der Waals surface area contributed by atoms with Gasteiger partial charge in [0.15, 0.2) is 0 Å². The lowest BCUT2D eigenvalue weighted by molar-refractivity contribution is -0.127. The van der Waals surface area contributed by atoms with E-state index in [2.05, 4.69) is 25.1 Å². The molecule has 0 radical (unpaired) electrons. The zero-order valence-corrected chi connectivity index (χ0v) is 14.7. The number of nitrogens with one attached hydrogen (secondary N) is 1. The fourth-order valence-corrected chi connectivity index (χ4v) is 3.83. The normalized spacial score (nSPS) is 23.9. The first-order valence-corrected chi connectivity index (χ1v) is 8.92. The van der Waals surface area contributed by atoms with Crippen LogP contribution in [0.2, 0.25) is 0 Å². The summed E-state index contributed by atoms with van der Waals surface area (Å²) in [5.74, 6) is 2.73. The van der Waals surface area contributed by atoms with Crippen molar-refractivity contribution >= 4 is 5.91 Å². The summed E-state index contributed by atoms with van der Waals surface area (Å²) in [7, 11) is 3.90. The number of likely N-dealkylation sites (tertiary alicyclic amines) is 1. The number of rotatable bonds is 5. The quantitative estimate of drug-likeness (QED) is 0.893. The van der Waals surface area contributed by atoms with Crippen molar-refractivity contribution in [2.24, 2.45) is 7.05 Å². The molecule has 0 bridgehead atoms. The molecule has 7 nitrogen and oxygen atoms in total. The summed E-state index contributed by atoms with van der Waals surface area (Å²) in [6, 6.07) is 3.99. The Hall–Kier alpha value is -2.28. The molecule has 0 unspecified atom stereocenters. The molecular weight excluding hydrogens is 316 g/mol. The smallest absolute Gasteiger partial charge is 0.224 e. The van der Waals surface area contributed by atoms with Gasteiger partial charge in [-0.1, -0.05) is 12.5 Å². The first kappa shape index (κ1) is 16.2. The average molecular weight is 340 g/mol. The molecule has 2 aromatic rings. The zero-order valence-electron chi connectivity index (χ0n) is 14.7. The maximum absolute atomic E-state index is 12.2. The van der Waals surface area contributed by atoms with E-state index in [0.717, 1.165) is 17.2 Å². The van der Waals surface area contributed by atoms with Crippen LogP contribution in [0.4, 0.5) is 0 Å². The van der Waals surface area contributed by atoms with E-state index in [9.17, 15) is 4.79 Å². The van der Waals surface area contributed by atoms with E-state index in [1.165, 1.54) is 19.3 Å². The molecule has 2 atom stereocenters. The Kier molecular flexibility index (Phi) is 4.25. The van der Waals surface area contributed by atoms with Crippen LogP contribution in [0.3, 0.4) is 0 Å². The van der Waals surface area contributed by atoms with E-state index in [1.54, 1.807) is 6.20 Å². The van der Waals surface area contributed by atoms with E-state index in [0.29, 0.717) is 18.9 Å². The Labute approximate surface area is 147 Å². The molecule has 2 fully saturated rings. The predicted molar refractivity (Wildman–Crippen MR) is 92.6 cm³/mol. The van der Waals surface area contributed by atoms with Gasteiger partial charge in [-0.15, -0.1) is 10.2 Å². The van der Waals surface area contributed by atoms with Crippen molar-refractivity contribution in [3.8, 4) is 0 Å². The maximum Gasteiger partial charge on any atom is 0.224 e. The number of hydrogen-bond donors (Lipinski definition) is 1. The van der Waals surface area contributed by atoms with E-state index < -0.39 is 0 Å². The fraction of sp³-hybridized carbons (Fsp3) is 0.556. The van der Waals surface area contributed by atoms with Crippen molar-refractivity contribution in [3.63, 3.8) is 0 Å². The number of nitrogens with zero attached hydrogens (tertiary/aromatic N) is 5. The van der Waals surface area contributed by atoms with Gasteiger partial charge in [-0.3, -0.25) is 9.78 Å². The topological polar surface area (TPSA) is 75.9 Å². The van der Waals surface area contributed by atoms with Crippen LogP contribution in [0, 0.1) is 0 Å². The number of carbonyl (C=O) groups is 1. The van der Waals surface area contributed by atoms with Crippen molar-refractivity contribution in [3.05, 3.63) is 41.7 Å². The minimum Gasteiger partial charge on any atom is -0.337 e. The molecule has 4 rings (SSSR count). The van der Waals surface area contributed by atoms with E-state index in [4.69, 9.17) is 0 Å². The molecular formula is C18H24N6O. The Morgan fingerprint density at radius 1 is 1.28 bits per heavy atom. The molecule has 1 aliphatic carbocycles. The number of carbonyl (C=O) groups excluding carboxylic acids is 1. The molecule has 132 valence electrons. The Bertz CT molecular complexity index is 754. The van der Waals surface area contributed by atoms with Crippen molar-refractivity contribution in [1.29, 1.82) is 0 Å². The number of likely N-dealkylation sites (N-methyl/N-ethyl adjacent to an activating group) is 1. The standard InChI is InChI=1S/C18H24N6O/c1-23-15(21-22-18(23)12-5-3-6-12)11-20-14-9-16(25)24(2)17(14)13-7-4-8-19-10-13/h4,7-8,10,12,14,17,20H,3,5-6,9,11H2,1-2H3/t14-,17+/m1/s1. The van der Waals surface area contributed by atoms with E-state index >= 15 is 0 Å². The minimum atomic E-state index is 0.000491. The molecule has 0 aromatic carbocycles. The highest BCUT2D eigenvalue weighted by atomic mass is 16.2.